The van der Waals surface area contributed by atoms with Crippen molar-refractivity contribution in [1.82, 2.24) is 5.32 Å². The van der Waals surface area contributed by atoms with Crippen LogP contribution in [0.5, 0.6) is 0 Å². The lowest BCUT2D eigenvalue weighted by Gasteiger charge is -2.25. The van der Waals surface area contributed by atoms with E-state index in [2.05, 4.69) is 17.4 Å². The molecule has 0 aliphatic carbocycles. The Hall–Kier alpha value is -1.35. The predicted molar refractivity (Wildman–Crippen MR) is 71.4 cm³/mol. The number of hydrogen-bond acceptors (Lipinski definition) is 3. The summed E-state index contributed by atoms with van der Waals surface area (Å²) < 4.78 is 5.47. The minimum absolute atomic E-state index is 0.145. The Labute approximate surface area is 109 Å². The molecule has 1 aromatic carbocycles. The summed E-state index contributed by atoms with van der Waals surface area (Å²) in [5.74, 6) is 0.0786. The minimum atomic E-state index is -0.428. The zero-order chi connectivity index (χ0) is 13.2. The van der Waals surface area contributed by atoms with Crippen LogP contribution in [0.3, 0.4) is 0 Å². The third-order valence-corrected chi connectivity index (χ3v) is 3.11. The third kappa shape index (κ3) is 3.10. The first kappa shape index (κ1) is 13.1. The molecule has 0 bridgehead atoms. The van der Waals surface area contributed by atoms with Crippen LogP contribution in [0.25, 0.3) is 0 Å². The number of carbonyl (C=O) groups excluding carboxylic acids is 1. The van der Waals surface area contributed by atoms with Gasteiger partial charge < -0.3 is 10.1 Å². The summed E-state index contributed by atoms with van der Waals surface area (Å²) in [7, 11) is 0. The summed E-state index contributed by atoms with van der Waals surface area (Å²) in [6.07, 6.45) is 0.980. The van der Waals surface area contributed by atoms with Crippen LogP contribution < -0.4 is 5.32 Å². The van der Waals surface area contributed by atoms with Gasteiger partial charge in [0.1, 0.15) is 11.6 Å². The molecule has 3 heteroatoms. The SMILES string of the molecule is CC(C)(C)OC(=O)C1NCCC1c1ccccc1. The zero-order valence-corrected chi connectivity index (χ0v) is 11.3. The average Bonchev–Trinajstić information content (AvgIpc) is 2.76. The molecule has 1 N–H and O–H groups in total. The lowest BCUT2D eigenvalue weighted by atomic mass is 9.92. The van der Waals surface area contributed by atoms with E-state index in [9.17, 15) is 4.79 Å². The smallest absolute Gasteiger partial charge is 0.324 e. The maximum absolute atomic E-state index is 12.2. The van der Waals surface area contributed by atoms with Crippen molar-refractivity contribution in [3.8, 4) is 0 Å². The fourth-order valence-corrected chi connectivity index (χ4v) is 2.38. The second-order valence-corrected chi connectivity index (χ2v) is 5.77. The highest BCUT2D eigenvalue weighted by atomic mass is 16.6. The molecule has 3 nitrogen and oxygen atoms in total. The second-order valence-electron chi connectivity index (χ2n) is 5.77. The second kappa shape index (κ2) is 5.11. The highest BCUT2D eigenvalue weighted by Crippen LogP contribution is 2.29. The van der Waals surface area contributed by atoms with Crippen LogP contribution in [-0.2, 0) is 9.53 Å². The van der Waals surface area contributed by atoms with Gasteiger partial charge in [-0.1, -0.05) is 30.3 Å². The first-order chi connectivity index (χ1) is 8.47. The Kier molecular flexibility index (Phi) is 3.71. The van der Waals surface area contributed by atoms with E-state index in [0.717, 1.165) is 13.0 Å². The van der Waals surface area contributed by atoms with E-state index in [0.29, 0.717) is 0 Å². The average molecular weight is 247 g/mol. The van der Waals surface area contributed by atoms with Crippen LogP contribution in [0.1, 0.15) is 38.7 Å². The van der Waals surface area contributed by atoms with Crippen molar-refractivity contribution in [2.24, 2.45) is 0 Å². The number of ether oxygens (including phenoxy) is 1. The van der Waals surface area contributed by atoms with Gasteiger partial charge in [-0.15, -0.1) is 0 Å². The molecule has 0 spiro atoms. The minimum Gasteiger partial charge on any atom is -0.459 e. The summed E-state index contributed by atoms with van der Waals surface area (Å²) in [5.41, 5.74) is 0.779. The van der Waals surface area contributed by atoms with Crippen LogP contribution in [0, 0.1) is 0 Å². The van der Waals surface area contributed by atoms with Gasteiger partial charge in [0.2, 0.25) is 0 Å². The molecule has 1 saturated heterocycles. The topological polar surface area (TPSA) is 38.3 Å². The standard InChI is InChI=1S/C15H21NO2/c1-15(2,3)18-14(17)13-12(9-10-16-13)11-7-5-4-6-8-11/h4-8,12-13,16H,9-10H2,1-3H3. The van der Waals surface area contributed by atoms with Crippen LogP contribution in [-0.4, -0.2) is 24.2 Å². The lowest BCUT2D eigenvalue weighted by Crippen LogP contribution is -2.40. The molecule has 1 aromatic rings. The van der Waals surface area contributed by atoms with Crippen LogP contribution >= 0.6 is 0 Å². The summed E-state index contributed by atoms with van der Waals surface area (Å²) in [5, 5.41) is 3.25. The first-order valence-electron chi connectivity index (χ1n) is 6.48. The van der Waals surface area contributed by atoms with Gasteiger partial charge in [-0.3, -0.25) is 4.79 Å². The lowest BCUT2D eigenvalue weighted by molar-refractivity contribution is -0.157. The van der Waals surface area contributed by atoms with Gasteiger partial charge in [0, 0.05) is 5.92 Å². The van der Waals surface area contributed by atoms with Crippen molar-refractivity contribution in [2.75, 3.05) is 6.54 Å². The molecule has 1 aliphatic heterocycles. The normalized spacial score (nSPS) is 23.9. The van der Waals surface area contributed by atoms with Crippen molar-refractivity contribution in [3.63, 3.8) is 0 Å². The number of carbonyl (C=O) groups is 1. The van der Waals surface area contributed by atoms with Crippen molar-refractivity contribution in [2.45, 2.75) is 44.8 Å². The Morgan fingerprint density at radius 2 is 1.94 bits per heavy atom. The number of nitrogens with one attached hydrogen (secondary N) is 1. The Morgan fingerprint density at radius 3 is 2.56 bits per heavy atom. The number of esters is 1. The summed E-state index contributed by atoms with van der Waals surface area (Å²) in [6, 6.07) is 9.96. The molecule has 0 aromatic heterocycles. The molecule has 0 saturated carbocycles. The van der Waals surface area contributed by atoms with Gasteiger partial charge in [-0.2, -0.15) is 0 Å². The molecule has 2 unspecified atom stereocenters. The summed E-state index contributed by atoms with van der Waals surface area (Å²) in [6.45, 7) is 6.57. The maximum Gasteiger partial charge on any atom is 0.324 e. The third-order valence-electron chi connectivity index (χ3n) is 3.11. The molecular weight excluding hydrogens is 226 g/mol. The van der Waals surface area contributed by atoms with Crippen LogP contribution in [0.15, 0.2) is 30.3 Å². The Morgan fingerprint density at radius 1 is 1.28 bits per heavy atom. The fraction of sp³-hybridized carbons (Fsp3) is 0.533. The van der Waals surface area contributed by atoms with Crippen LogP contribution in [0.4, 0.5) is 0 Å². The summed E-state index contributed by atoms with van der Waals surface area (Å²) >= 11 is 0. The predicted octanol–water partition coefficient (Wildman–Crippen LogP) is 2.47. The molecule has 0 radical (unpaired) electrons. The quantitative estimate of drug-likeness (QED) is 0.816. The monoisotopic (exact) mass is 247 g/mol. The van der Waals surface area contributed by atoms with Gasteiger partial charge >= 0.3 is 5.97 Å². The van der Waals surface area contributed by atoms with E-state index in [1.807, 2.05) is 39.0 Å². The molecule has 0 amide bonds. The Balaban J connectivity index is 2.11. The van der Waals surface area contributed by atoms with Crippen molar-refractivity contribution in [3.05, 3.63) is 35.9 Å². The molecule has 1 heterocycles. The molecule has 2 atom stereocenters. The van der Waals surface area contributed by atoms with Gasteiger partial charge in [-0.05, 0) is 39.3 Å². The van der Waals surface area contributed by atoms with E-state index in [1.165, 1.54) is 5.56 Å². The molecule has 1 fully saturated rings. The van der Waals surface area contributed by atoms with Crippen LogP contribution in [0.2, 0.25) is 0 Å². The summed E-state index contributed by atoms with van der Waals surface area (Å²) in [4.78, 5) is 12.2. The molecule has 1 aliphatic rings. The van der Waals surface area contributed by atoms with Crippen molar-refractivity contribution < 1.29 is 9.53 Å². The van der Waals surface area contributed by atoms with Crippen molar-refractivity contribution >= 4 is 5.97 Å². The number of benzene rings is 1. The number of hydrogen-bond donors (Lipinski definition) is 1. The largest absolute Gasteiger partial charge is 0.459 e. The van der Waals surface area contributed by atoms with Crippen molar-refractivity contribution in [1.29, 1.82) is 0 Å². The zero-order valence-electron chi connectivity index (χ0n) is 11.3. The van der Waals surface area contributed by atoms with Gasteiger partial charge in [0.05, 0.1) is 0 Å². The van der Waals surface area contributed by atoms with E-state index in [-0.39, 0.29) is 17.9 Å². The maximum atomic E-state index is 12.2. The van der Waals surface area contributed by atoms with E-state index >= 15 is 0 Å². The van der Waals surface area contributed by atoms with E-state index in [4.69, 9.17) is 4.74 Å². The van der Waals surface area contributed by atoms with E-state index < -0.39 is 5.60 Å². The van der Waals surface area contributed by atoms with Gasteiger partial charge in [-0.25, -0.2) is 0 Å². The molecular formula is C15H21NO2. The highest BCUT2D eigenvalue weighted by Gasteiger charge is 2.36. The number of rotatable bonds is 2. The first-order valence-corrected chi connectivity index (χ1v) is 6.48. The van der Waals surface area contributed by atoms with Gasteiger partial charge in [0.25, 0.3) is 0 Å². The van der Waals surface area contributed by atoms with E-state index in [1.54, 1.807) is 0 Å². The molecule has 2 rings (SSSR count). The molecule has 98 valence electrons. The van der Waals surface area contributed by atoms with Gasteiger partial charge in [0.15, 0.2) is 0 Å². The molecule has 18 heavy (non-hydrogen) atoms. The Bertz CT molecular complexity index is 408. The highest BCUT2D eigenvalue weighted by molar-refractivity contribution is 5.78. The fourth-order valence-electron chi connectivity index (χ4n) is 2.38.